The molecule has 2 heterocycles. The quantitative estimate of drug-likeness (QED) is 0.675. The number of phenolic OH excluding ortho intramolecular Hbond substituents is 1. The molecule has 1 aliphatic carbocycles. The molecule has 3 aromatic rings. The number of aryl methyl sites for hydroxylation is 2. The largest absolute Gasteiger partial charge is 0.508 e. The van der Waals surface area contributed by atoms with E-state index in [0.29, 0.717) is 13.1 Å². The van der Waals surface area contributed by atoms with Crippen LogP contribution >= 0.6 is 0 Å². The summed E-state index contributed by atoms with van der Waals surface area (Å²) in [4.78, 5) is 18.9. The van der Waals surface area contributed by atoms with Crippen LogP contribution in [0.2, 0.25) is 0 Å². The van der Waals surface area contributed by atoms with Crippen LogP contribution in [0.25, 0.3) is 5.69 Å². The van der Waals surface area contributed by atoms with Gasteiger partial charge in [-0.2, -0.15) is 0 Å². The predicted molar refractivity (Wildman–Crippen MR) is 111 cm³/mol. The Kier molecular flexibility index (Phi) is 4.39. The van der Waals surface area contributed by atoms with Gasteiger partial charge in [0.2, 0.25) is 0 Å². The Morgan fingerprint density at radius 3 is 2.58 bits per heavy atom. The van der Waals surface area contributed by atoms with Crippen LogP contribution in [-0.4, -0.2) is 38.6 Å². The lowest BCUT2D eigenvalue weighted by Crippen LogP contribution is -2.63. The highest BCUT2D eigenvalue weighted by Crippen LogP contribution is 2.56. The number of hydrogen-bond acceptors (Lipinski definition) is 3. The monoisotopic (exact) mass is 423 g/mol. The van der Waals surface area contributed by atoms with Crippen LogP contribution in [-0.2, 0) is 0 Å². The molecule has 1 N–H and O–H groups in total. The summed E-state index contributed by atoms with van der Waals surface area (Å²) in [5.74, 6) is -0.175. The Labute approximate surface area is 179 Å². The summed E-state index contributed by atoms with van der Waals surface area (Å²) < 4.78 is 29.6. The van der Waals surface area contributed by atoms with E-state index in [9.17, 15) is 18.7 Å². The van der Waals surface area contributed by atoms with Gasteiger partial charge in [-0.25, -0.2) is 13.8 Å². The molecule has 7 heteroatoms. The van der Waals surface area contributed by atoms with Crippen LogP contribution in [0.3, 0.4) is 0 Å². The van der Waals surface area contributed by atoms with Crippen molar-refractivity contribution in [2.75, 3.05) is 13.1 Å². The fraction of sp³-hybridized carbons (Fsp3) is 0.333. The maximum Gasteiger partial charge on any atom is 0.257 e. The van der Waals surface area contributed by atoms with Gasteiger partial charge in [-0.3, -0.25) is 4.79 Å². The Hall–Kier alpha value is -3.22. The second kappa shape index (κ2) is 6.90. The van der Waals surface area contributed by atoms with Crippen molar-refractivity contribution < 1.29 is 18.7 Å². The Morgan fingerprint density at radius 1 is 1.13 bits per heavy atom. The average molecular weight is 423 g/mol. The zero-order chi connectivity index (χ0) is 21.9. The van der Waals surface area contributed by atoms with E-state index in [1.807, 2.05) is 20.0 Å². The molecule has 2 aromatic carbocycles. The van der Waals surface area contributed by atoms with Gasteiger partial charge in [0.25, 0.3) is 5.91 Å². The van der Waals surface area contributed by atoms with Crippen molar-refractivity contribution in [3.63, 3.8) is 0 Å². The number of halogens is 2. The van der Waals surface area contributed by atoms with E-state index in [0.717, 1.165) is 41.7 Å². The molecule has 2 aliphatic rings. The van der Waals surface area contributed by atoms with E-state index in [2.05, 4.69) is 9.55 Å². The number of likely N-dealkylation sites (tertiary alicyclic amines) is 1. The second-order valence-corrected chi connectivity index (χ2v) is 8.95. The molecule has 0 atom stereocenters. The minimum atomic E-state index is -0.623. The van der Waals surface area contributed by atoms with E-state index >= 15 is 0 Å². The van der Waals surface area contributed by atoms with Gasteiger partial charge in [0, 0.05) is 36.3 Å². The van der Waals surface area contributed by atoms with Crippen molar-refractivity contribution in [3.05, 3.63) is 76.9 Å². The second-order valence-electron chi connectivity index (χ2n) is 8.95. The number of imidazole rings is 1. The predicted octanol–water partition coefficient (Wildman–Crippen LogP) is 4.49. The van der Waals surface area contributed by atoms with Gasteiger partial charge in [0.1, 0.15) is 23.2 Å². The molecule has 1 aromatic heterocycles. The molecule has 1 saturated heterocycles. The van der Waals surface area contributed by atoms with E-state index in [1.165, 1.54) is 24.3 Å². The standard InChI is InChI=1S/C24H23F2N3O2/c1-14-7-17(25)3-6-21(14)29-15(2)11-27-22(29)16-9-24(10-16)12-28(13-24)23(31)19-8-18(30)4-5-20(19)26/h3-8,11,16,30H,9-10,12-13H2,1-2H3. The topological polar surface area (TPSA) is 58.4 Å². The summed E-state index contributed by atoms with van der Waals surface area (Å²) in [6.07, 6.45) is 3.64. The third-order valence-corrected chi connectivity index (χ3v) is 6.61. The fourth-order valence-electron chi connectivity index (χ4n) is 5.11. The van der Waals surface area contributed by atoms with E-state index < -0.39 is 5.82 Å². The van der Waals surface area contributed by atoms with E-state index in [-0.39, 0.29) is 34.4 Å². The van der Waals surface area contributed by atoms with Gasteiger partial charge < -0.3 is 14.6 Å². The highest BCUT2D eigenvalue weighted by Gasteiger charge is 2.55. The molecule has 1 aliphatic heterocycles. The lowest BCUT2D eigenvalue weighted by atomic mass is 9.57. The number of benzene rings is 2. The maximum absolute atomic E-state index is 14.0. The van der Waals surface area contributed by atoms with Gasteiger partial charge >= 0.3 is 0 Å². The number of rotatable bonds is 3. The third-order valence-electron chi connectivity index (χ3n) is 6.61. The minimum absolute atomic E-state index is 0.0379. The van der Waals surface area contributed by atoms with Gasteiger partial charge in [-0.05, 0) is 68.7 Å². The van der Waals surface area contributed by atoms with Crippen LogP contribution < -0.4 is 0 Å². The summed E-state index contributed by atoms with van der Waals surface area (Å²) in [5.41, 5.74) is 2.72. The van der Waals surface area contributed by atoms with Crippen LogP contribution in [0.5, 0.6) is 5.75 Å². The van der Waals surface area contributed by atoms with Crippen LogP contribution in [0, 0.1) is 30.9 Å². The van der Waals surface area contributed by atoms with Crippen molar-refractivity contribution in [2.24, 2.45) is 5.41 Å². The Bertz CT molecular complexity index is 1190. The Morgan fingerprint density at radius 2 is 1.87 bits per heavy atom. The van der Waals surface area contributed by atoms with Gasteiger partial charge in [-0.1, -0.05) is 0 Å². The first-order valence-electron chi connectivity index (χ1n) is 10.3. The summed E-state index contributed by atoms with van der Waals surface area (Å²) in [6, 6.07) is 8.28. The summed E-state index contributed by atoms with van der Waals surface area (Å²) in [5, 5.41) is 9.57. The number of carbonyl (C=O) groups excluding carboxylic acids is 1. The maximum atomic E-state index is 14.0. The molecule has 5 nitrogen and oxygen atoms in total. The molecule has 31 heavy (non-hydrogen) atoms. The zero-order valence-electron chi connectivity index (χ0n) is 17.4. The highest BCUT2D eigenvalue weighted by atomic mass is 19.1. The molecule has 2 fully saturated rings. The van der Waals surface area contributed by atoms with E-state index in [4.69, 9.17) is 0 Å². The van der Waals surface area contributed by atoms with Crippen molar-refractivity contribution in [1.82, 2.24) is 14.5 Å². The summed E-state index contributed by atoms with van der Waals surface area (Å²) >= 11 is 0. The van der Waals surface area contributed by atoms with Gasteiger partial charge in [-0.15, -0.1) is 0 Å². The molecule has 1 spiro atoms. The summed E-state index contributed by atoms with van der Waals surface area (Å²) in [7, 11) is 0. The molecule has 0 unspecified atom stereocenters. The molecule has 5 rings (SSSR count). The van der Waals surface area contributed by atoms with Crippen LogP contribution in [0.4, 0.5) is 8.78 Å². The molecule has 1 saturated carbocycles. The smallest absolute Gasteiger partial charge is 0.257 e. The van der Waals surface area contributed by atoms with Gasteiger partial charge in [0.05, 0.1) is 11.3 Å². The molecule has 1 amide bonds. The van der Waals surface area contributed by atoms with E-state index in [1.54, 1.807) is 11.0 Å². The lowest BCUT2D eigenvalue weighted by Gasteiger charge is -2.58. The number of aromatic nitrogens is 2. The zero-order valence-corrected chi connectivity index (χ0v) is 17.4. The molecule has 0 radical (unpaired) electrons. The van der Waals surface area contributed by atoms with Crippen LogP contribution in [0.15, 0.2) is 42.6 Å². The summed E-state index contributed by atoms with van der Waals surface area (Å²) in [6.45, 7) is 5.03. The number of nitrogens with zero attached hydrogens (tertiary/aromatic N) is 3. The van der Waals surface area contributed by atoms with Gasteiger partial charge in [0.15, 0.2) is 0 Å². The first kappa shape index (κ1) is 19.7. The lowest BCUT2D eigenvalue weighted by molar-refractivity contribution is -0.0574. The minimum Gasteiger partial charge on any atom is -0.508 e. The third kappa shape index (κ3) is 3.19. The van der Waals surface area contributed by atoms with Crippen molar-refractivity contribution in [2.45, 2.75) is 32.6 Å². The number of aromatic hydroxyl groups is 1. The highest BCUT2D eigenvalue weighted by molar-refractivity contribution is 5.95. The number of carbonyl (C=O) groups is 1. The molecular weight excluding hydrogens is 400 g/mol. The molecule has 0 bridgehead atoms. The number of amides is 1. The van der Waals surface area contributed by atoms with Crippen molar-refractivity contribution in [1.29, 1.82) is 0 Å². The molecular formula is C24H23F2N3O2. The number of hydrogen-bond donors (Lipinski definition) is 1. The average Bonchev–Trinajstić information content (AvgIpc) is 3.02. The Balaban J connectivity index is 1.30. The number of phenols is 1. The van der Waals surface area contributed by atoms with Crippen molar-refractivity contribution in [3.8, 4) is 11.4 Å². The first-order chi connectivity index (χ1) is 14.8. The first-order valence-corrected chi connectivity index (χ1v) is 10.3. The van der Waals surface area contributed by atoms with Crippen LogP contribution in [0.1, 0.15) is 46.2 Å². The normalized spacial score (nSPS) is 17.5. The van der Waals surface area contributed by atoms with Crippen molar-refractivity contribution >= 4 is 5.91 Å². The molecule has 160 valence electrons. The fourth-order valence-corrected chi connectivity index (χ4v) is 5.11. The SMILES string of the molecule is Cc1cc(F)ccc1-n1c(C)cnc1C1CC2(C1)CN(C(=O)c1cc(O)ccc1F)C2.